The number of carbonyl (C=O) groups is 2. The molecule has 0 unspecified atom stereocenters. The van der Waals surface area contributed by atoms with E-state index in [0.717, 1.165) is 11.1 Å². The highest BCUT2D eigenvalue weighted by Gasteiger charge is 2.13. The van der Waals surface area contributed by atoms with Crippen LogP contribution in [0.25, 0.3) is 22.0 Å². The Kier molecular flexibility index (Phi) is 4.10. The number of hydrogen-bond donors (Lipinski definition) is 3. The summed E-state index contributed by atoms with van der Waals surface area (Å²) in [5.41, 5.74) is 8.90. The summed E-state index contributed by atoms with van der Waals surface area (Å²) >= 11 is 0. The van der Waals surface area contributed by atoms with Crippen LogP contribution in [0.1, 0.15) is 20.8 Å². The third-order valence-electron chi connectivity index (χ3n) is 4.16. The van der Waals surface area contributed by atoms with E-state index in [-0.39, 0.29) is 11.6 Å². The number of hydrogen-bond acceptors (Lipinski definition) is 4. The quantitative estimate of drug-likeness (QED) is 0.521. The largest absolute Gasteiger partial charge is 0.364 e. The maximum absolute atomic E-state index is 12.6. The Balaban J connectivity index is 1.62. The normalized spacial score (nSPS) is 10.7. The molecule has 27 heavy (non-hydrogen) atoms. The number of primary amides is 1. The molecule has 0 saturated heterocycles. The van der Waals surface area contributed by atoms with Gasteiger partial charge in [-0.3, -0.25) is 19.7 Å². The molecular weight excluding hydrogens is 342 g/mol. The number of rotatable bonds is 4. The molecular formula is C20H15N5O2. The summed E-state index contributed by atoms with van der Waals surface area (Å²) < 4.78 is 0. The summed E-state index contributed by atoms with van der Waals surface area (Å²) in [6, 6.07) is 16.6. The maximum Gasteiger partial charge on any atom is 0.269 e. The highest BCUT2D eigenvalue weighted by atomic mass is 16.2. The number of amides is 2. The van der Waals surface area contributed by atoms with Gasteiger partial charge in [-0.05, 0) is 29.8 Å². The van der Waals surface area contributed by atoms with E-state index in [2.05, 4.69) is 20.5 Å². The Morgan fingerprint density at radius 3 is 2.56 bits per heavy atom. The topological polar surface area (TPSA) is 114 Å². The van der Waals surface area contributed by atoms with E-state index < -0.39 is 5.91 Å². The molecule has 0 saturated carbocycles. The first kappa shape index (κ1) is 16.5. The summed E-state index contributed by atoms with van der Waals surface area (Å²) in [5.74, 6) is -0.937. The third-order valence-corrected chi connectivity index (χ3v) is 4.16. The minimum absolute atomic E-state index is 0.133. The van der Waals surface area contributed by atoms with Crippen LogP contribution in [0.4, 0.5) is 5.69 Å². The molecule has 4 N–H and O–H groups in total. The van der Waals surface area contributed by atoms with Gasteiger partial charge in [0.05, 0.1) is 11.1 Å². The molecule has 2 heterocycles. The molecule has 2 amide bonds. The monoisotopic (exact) mass is 357 g/mol. The average molecular weight is 357 g/mol. The summed E-state index contributed by atoms with van der Waals surface area (Å²) in [7, 11) is 0. The molecule has 132 valence electrons. The van der Waals surface area contributed by atoms with Crippen LogP contribution in [-0.2, 0) is 0 Å². The van der Waals surface area contributed by atoms with Crippen molar-refractivity contribution in [3.8, 4) is 11.1 Å². The van der Waals surface area contributed by atoms with Gasteiger partial charge in [0, 0.05) is 29.0 Å². The molecule has 0 aliphatic heterocycles. The Hall–Kier alpha value is -4.00. The second-order valence-corrected chi connectivity index (χ2v) is 5.98. The number of H-pyrrole nitrogens is 1. The van der Waals surface area contributed by atoms with Gasteiger partial charge >= 0.3 is 0 Å². The number of benzene rings is 2. The number of nitrogens with zero attached hydrogens (tertiary/aromatic N) is 2. The number of nitrogens with one attached hydrogen (secondary N) is 2. The predicted molar refractivity (Wildman–Crippen MR) is 102 cm³/mol. The lowest BCUT2D eigenvalue weighted by atomic mass is 10.1. The summed E-state index contributed by atoms with van der Waals surface area (Å²) in [6.45, 7) is 0. The molecule has 0 bridgehead atoms. The fourth-order valence-corrected chi connectivity index (χ4v) is 2.84. The zero-order valence-corrected chi connectivity index (χ0v) is 14.1. The molecule has 7 heteroatoms. The molecule has 2 aromatic heterocycles. The van der Waals surface area contributed by atoms with Crippen LogP contribution in [-0.4, -0.2) is 27.0 Å². The van der Waals surface area contributed by atoms with Gasteiger partial charge in [0.1, 0.15) is 0 Å². The van der Waals surface area contributed by atoms with Crippen LogP contribution < -0.4 is 11.1 Å². The highest BCUT2D eigenvalue weighted by Crippen LogP contribution is 2.22. The number of aromatic nitrogens is 3. The Labute approximate surface area is 154 Å². The van der Waals surface area contributed by atoms with E-state index in [0.29, 0.717) is 22.2 Å². The standard InChI is InChI=1S/C20H15N5O2/c21-19(26)18-16-9-15(6-7-17(16)24-25-18)23-20(27)14-8-13(10-22-11-14)12-4-2-1-3-5-12/h1-11H,(H2,21,26)(H,23,27)(H,24,25). The van der Waals surface area contributed by atoms with Crippen molar-refractivity contribution in [3.63, 3.8) is 0 Å². The molecule has 7 nitrogen and oxygen atoms in total. The Bertz CT molecular complexity index is 1150. The zero-order valence-electron chi connectivity index (χ0n) is 14.1. The maximum atomic E-state index is 12.6. The van der Waals surface area contributed by atoms with Crippen molar-refractivity contribution >= 4 is 28.4 Å². The van der Waals surface area contributed by atoms with Crippen molar-refractivity contribution < 1.29 is 9.59 Å². The van der Waals surface area contributed by atoms with Crippen LogP contribution >= 0.6 is 0 Å². The van der Waals surface area contributed by atoms with E-state index in [1.165, 1.54) is 6.20 Å². The van der Waals surface area contributed by atoms with Crippen molar-refractivity contribution in [2.24, 2.45) is 5.73 Å². The Morgan fingerprint density at radius 2 is 1.78 bits per heavy atom. The van der Waals surface area contributed by atoms with Crippen LogP contribution in [0.3, 0.4) is 0 Å². The van der Waals surface area contributed by atoms with E-state index in [9.17, 15) is 9.59 Å². The van der Waals surface area contributed by atoms with E-state index in [1.807, 2.05) is 30.3 Å². The minimum atomic E-state index is -0.635. The number of nitrogens with two attached hydrogens (primary N) is 1. The SMILES string of the molecule is NC(=O)c1n[nH]c2ccc(NC(=O)c3cncc(-c4ccccc4)c3)cc12. The van der Waals surface area contributed by atoms with Crippen molar-refractivity contribution in [1.29, 1.82) is 0 Å². The van der Waals surface area contributed by atoms with Gasteiger partial charge in [0.15, 0.2) is 5.69 Å². The summed E-state index contributed by atoms with van der Waals surface area (Å²) in [4.78, 5) is 28.2. The number of anilines is 1. The van der Waals surface area contributed by atoms with Gasteiger partial charge in [-0.15, -0.1) is 0 Å². The number of fused-ring (bicyclic) bond motifs is 1. The highest BCUT2D eigenvalue weighted by molar-refractivity contribution is 6.08. The van der Waals surface area contributed by atoms with Gasteiger partial charge in [0.2, 0.25) is 0 Å². The van der Waals surface area contributed by atoms with Crippen LogP contribution in [0, 0.1) is 0 Å². The molecule has 2 aromatic carbocycles. The first-order valence-electron chi connectivity index (χ1n) is 8.21. The molecule has 0 spiro atoms. The molecule has 4 aromatic rings. The molecule has 4 rings (SSSR count). The minimum Gasteiger partial charge on any atom is -0.364 e. The first-order chi connectivity index (χ1) is 13.1. The molecule has 0 radical (unpaired) electrons. The molecule has 0 aliphatic carbocycles. The molecule has 0 fully saturated rings. The van der Waals surface area contributed by atoms with E-state index in [4.69, 9.17) is 5.73 Å². The third kappa shape index (κ3) is 3.25. The summed E-state index contributed by atoms with van der Waals surface area (Å²) in [6.07, 6.45) is 3.22. The fourth-order valence-electron chi connectivity index (χ4n) is 2.84. The van der Waals surface area contributed by atoms with Crippen molar-refractivity contribution in [1.82, 2.24) is 15.2 Å². The van der Waals surface area contributed by atoms with Crippen molar-refractivity contribution in [3.05, 3.63) is 78.2 Å². The lowest BCUT2D eigenvalue weighted by Crippen LogP contribution is -2.13. The predicted octanol–water partition coefficient (Wildman–Crippen LogP) is 2.98. The second-order valence-electron chi connectivity index (χ2n) is 5.98. The lowest BCUT2D eigenvalue weighted by Gasteiger charge is -2.07. The van der Waals surface area contributed by atoms with Gasteiger partial charge < -0.3 is 11.1 Å². The summed E-state index contributed by atoms with van der Waals surface area (Å²) in [5, 5.41) is 9.99. The van der Waals surface area contributed by atoms with Gasteiger partial charge in [-0.25, -0.2) is 0 Å². The second kappa shape index (κ2) is 6.72. The number of carbonyl (C=O) groups excluding carboxylic acids is 2. The molecule has 0 aliphatic rings. The van der Waals surface area contributed by atoms with E-state index in [1.54, 1.807) is 30.5 Å². The zero-order chi connectivity index (χ0) is 18.8. The van der Waals surface area contributed by atoms with Crippen LogP contribution in [0.2, 0.25) is 0 Å². The van der Waals surface area contributed by atoms with Gasteiger partial charge in [0.25, 0.3) is 11.8 Å². The van der Waals surface area contributed by atoms with Crippen molar-refractivity contribution in [2.75, 3.05) is 5.32 Å². The van der Waals surface area contributed by atoms with Crippen LogP contribution in [0.5, 0.6) is 0 Å². The van der Waals surface area contributed by atoms with Crippen molar-refractivity contribution in [2.45, 2.75) is 0 Å². The average Bonchev–Trinajstić information content (AvgIpc) is 3.12. The smallest absolute Gasteiger partial charge is 0.269 e. The first-order valence-corrected chi connectivity index (χ1v) is 8.21. The Morgan fingerprint density at radius 1 is 0.963 bits per heavy atom. The van der Waals surface area contributed by atoms with Gasteiger partial charge in [-0.2, -0.15) is 5.10 Å². The number of pyridine rings is 1. The fraction of sp³-hybridized carbons (Fsp3) is 0. The lowest BCUT2D eigenvalue weighted by molar-refractivity contribution is 0.0995. The molecule has 0 atom stereocenters. The van der Waals surface area contributed by atoms with E-state index >= 15 is 0 Å². The van der Waals surface area contributed by atoms with Gasteiger partial charge in [-0.1, -0.05) is 30.3 Å². The number of aromatic amines is 1. The van der Waals surface area contributed by atoms with Crippen LogP contribution in [0.15, 0.2) is 67.0 Å².